The van der Waals surface area contributed by atoms with Gasteiger partial charge in [0.1, 0.15) is 5.82 Å². The molecular weight excluding hydrogens is 329 g/mol. The van der Waals surface area contributed by atoms with Gasteiger partial charge in [0.2, 0.25) is 0 Å². The molecule has 1 nitrogen and oxygen atoms in total. The lowest BCUT2D eigenvalue weighted by atomic mass is 9.98. The van der Waals surface area contributed by atoms with Crippen molar-refractivity contribution in [2.24, 2.45) is 0 Å². The molecule has 2 aromatic rings. The first kappa shape index (κ1) is 16.2. The van der Waals surface area contributed by atoms with Gasteiger partial charge in [-0.3, -0.25) is 0 Å². The Morgan fingerprint density at radius 3 is 2.48 bits per heavy atom. The first-order valence-corrected chi connectivity index (χ1v) is 8.13. The van der Waals surface area contributed by atoms with E-state index in [4.69, 9.17) is 0 Å². The van der Waals surface area contributed by atoms with Crippen LogP contribution in [0.2, 0.25) is 0 Å². The van der Waals surface area contributed by atoms with Crippen molar-refractivity contribution in [3.63, 3.8) is 0 Å². The third-order valence-electron chi connectivity index (χ3n) is 3.55. The Balaban J connectivity index is 2.20. The van der Waals surface area contributed by atoms with E-state index < -0.39 is 0 Å². The normalized spacial score (nSPS) is 12.4. The number of hydrogen-bond donors (Lipinski definition) is 1. The van der Waals surface area contributed by atoms with Crippen LogP contribution in [0.1, 0.15) is 36.1 Å². The fraction of sp³-hybridized carbons (Fsp3) is 0.333. The number of nitrogens with one attached hydrogen (secondary N) is 1. The van der Waals surface area contributed by atoms with E-state index in [2.05, 4.69) is 59.4 Å². The van der Waals surface area contributed by atoms with E-state index in [9.17, 15) is 4.39 Å². The first-order valence-electron chi connectivity index (χ1n) is 7.34. The third-order valence-corrected chi connectivity index (χ3v) is 4.15. The second-order valence-corrected chi connectivity index (χ2v) is 6.22. The molecule has 21 heavy (non-hydrogen) atoms. The molecule has 1 atom stereocenters. The van der Waals surface area contributed by atoms with Crippen molar-refractivity contribution >= 4 is 15.9 Å². The van der Waals surface area contributed by atoms with Crippen molar-refractivity contribution in [3.05, 3.63) is 69.4 Å². The highest BCUT2D eigenvalue weighted by molar-refractivity contribution is 9.10. The molecule has 1 unspecified atom stereocenters. The lowest BCUT2D eigenvalue weighted by Gasteiger charge is -2.20. The molecule has 112 valence electrons. The average Bonchev–Trinajstić information content (AvgIpc) is 2.48. The summed E-state index contributed by atoms with van der Waals surface area (Å²) in [6, 6.07) is 14.0. The van der Waals surface area contributed by atoms with Crippen LogP contribution in [0.15, 0.2) is 46.9 Å². The minimum Gasteiger partial charge on any atom is -0.310 e. The van der Waals surface area contributed by atoms with Gasteiger partial charge in [-0.1, -0.05) is 42.8 Å². The van der Waals surface area contributed by atoms with Crippen LogP contribution in [0.4, 0.5) is 4.39 Å². The first-order chi connectivity index (χ1) is 10.1. The number of benzene rings is 2. The van der Waals surface area contributed by atoms with Gasteiger partial charge in [0.25, 0.3) is 0 Å². The lowest BCUT2D eigenvalue weighted by molar-refractivity contribution is 0.527. The van der Waals surface area contributed by atoms with Gasteiger partial charge in [-0.2, -0.15) is 0 Å². The van der Waals surface area contributed by atoms with E-state index >= 15 is 0 Å². The van der Waals surface area contributed by atoms with Crippen LogP contribution in [0.3, 0.4) is 0 Å². The SMILES string of the molecule is CCCNC(Cc1ccc(C)cc1)c1ccc(F)c(Br)c1. The van der Waals surface area contributed by atoms with Gasteiger partial charge in [-0.05, 0) is 65.5 Å². The fourth-order valence-electron chi connectivity index (χ4n) is 2.32. The van der Waals surface area contributed by atoms with Crippen molar-refractivity contribution in [2.45, 2.75) is 32.7 Å². The van der Waals surface area contributed by atoms with Crippen LogP contribution >= 0.6 is 15.9 Å². The summed E-state index contributed by atoms with van der Waals surface area (Å²) in [7, 11) is 0. The Kier molecular flexibility index (Phi) is 5.95. The highest BCUT2D eigenvalue weighted by Gasteiger charge is 2.13. The highest BCUT2D eigenvalue weighted by atomic mass is 79.9. The van der Waals surface area contributed by atoms with Crippen LogP contribution in [0.25, 0.3) is 0 Å². The van der Waals surface area contributed by atoms with Crippen molar-refractivity contribution in [3.8, 4) is 0 Å². The minimum absolute atomic E-state index is 0.199. The van der Waals surface area contributed by atoms with E-state index in [1.54, 1.807) is 0 Å². The van der Waals surface area contributed by atoms with Crippen LogP contribution < -0.4 is 5.32 Å². The standard InChI is InChI=1S/C18H21BrFN/c1-3-10-21-18(11-14-6-4-13(2)5-7-14)15-8-9-17(20)16(19)12-15/h4-9,12,18,21H,3,10-11H2,1-2H3. The van der Waals surface area contributed by atoms with Gasteiger partial charge in [0.15, 0.2) is 0 Å². The Labute approximate surface area is 134 Å². The smallest absolute Gasteiger partial charge is 0.137 e. The largest absolute Gasteiger partial charge is 0.310 e. The van der Waals surface area contributed by atoms with Gasteiger partial charge in [0, 0.05) is 6.04 Å². The number of halogens is 2. The summed E-state index contributed by atoms with van der Waals surface area (Å²) >= 11 is 3.27. The lowest BCUT2D eigenvalue weighted by Crippen LogP contribution is -2.24. The number of rotatable bonds is 6. The van der Waals surface area contributed by atoms with E-state index in [0.29, 0.717) is 4.47 Å². The summed E-state index contributed by atoms with van der Waals surface area (Å²) in [5, 5.41) is 3.55. The van der Waals surface area contributed by atoms with Gasteiger partial charge in [0.05, 0.1) is 4.47 Å². The molecule has 2 rings (SSSR count). The molecule has 0 spiro atoms. The minimum atomic E-state index is -0.219. The molecule has 0 saturated heterocycles. The van der Waals surface area contributed by atoms with Crippen molar-refractivity contribution in [1.29, 1.82) is 0 Å². The van der Waals surface area contributed by atoms with E-state index in [1.165, 1.54) is 17.2 Å². The molecule has 0 amide bonds. The van der Waals surface area contributed by atoms with Crippen molar-refractivity contribution < 1.29 is 4.39 Å². The molecule has 2 aromatic carbocycles. The molecule has 3 heteroatoms. The number of aryl methyl sites for hydroxylation is 1. The second kappa shape index (κ2) is 7.71. The maximum Gasteiger partial charge on any atom is 0.137 e. The zero-order valence-electron chi connectivity index (χ0n) is 12.5. The quantitative estimate of drug-likeness (QED) is 0.757. The van der Waals surface area contributed by atoms with E-state index in [-0.39, 0.29) is 11.9 Å². The molecule has 0 fully saturated rings. The predicted molar refractivity (Wildman–Crippen MR) is 90.0 cm³/mol. The summed E-state index contributed by atoms with van der Waals surface area (Å²) in [5.41, 5.74) is 3.66. The monoisotopic (exact) mass is 349 g/mol. The molecule has 0 heterocycles. The third kappa shape index (κ3) is 4.65. The number of hydrogen-bond acceptors (Lipinski definition) is 1. The molecule has 0 aliphatic carbocycles. The molecule has 0 radical (unpaired) electrons. The van der Waals surface area contributed by atoms with Gasteiger partial charge in [-0.15, -0.1) is 0 Å². The summed E-state index contributed by atoms with van der Waals surface area (Å²) in [4.78, 5) is 0. The summed E-state index contributed by atoms with van der Waals surface area (Å²) in [6.07, 6.45) is 1.98. The topological polar surface area (TPSA) is 12.0 Å². The van der Waals surface area contributed by atoms with E-state index in [1.807, 2.05) is 12.1 Å². The van der Waals surface area contributed by atoms with Crippen LogP contribution in [0, 0.1) is 12.7 Å². The Hall–Kier alpha value is -1.19. The molecule has 0 saturated carbocycles. The molecule has 0 aliphatic heterocycles. The van der Waals surface area contributed by atoms with Crippen LogP contribution in [-0.4, -0.2) is 6.54 Å². The summed E-state index contributed by atoms with van der Waals surface area (Å²) < 4.78 is 13.9. The predicted octanol–water partition coefficient (Wildman–Crippen LogP) is 5.18. The fourth-order valence-corrected chi connectivity index (χ4v) is 2.71. The Morgan fingerprint density at radius 2 is 1.86 bits per heavy atom. The Morgan fingerprint density at radius 1 is 1.14 bits per heavy atom. The van der Waals surface area contributed by atoms with Crippen LogP contribution in [-0.2, 0) is 6.42 Å². The molecule has 0 aliphatic rings. The van der Waals surface area contributed by atoms with Gasteiger partial charge >= 0.3 is 0 Å². The molecule has 0 aromatic heterocycles. The van der Waals surface area contributed by atoms with Crippen molar-refractivity contribution in [1.82, 2.24) is 5.32 Å². The highest BCUT2D eigenvalue weighted by Crippen LogP contribution is 2.24. The maximum atomic E-state index is 13.4. The second-order valence-electron chi connectivity index (χ2n) is 5.37. The average molecular weight is 350 g/mol. The summed E-state index contributed by atoms with van der Waals surface area (Å²) in [6.45, 7) is 5.19. The zero-order valence-corrected chi connectivity index (χ0v) is 14.1. The van der Waals surface area contributed by atoms with Gasteiger partial charge < -0.3 is 5.32 Å². The maximum absolute atomic E-state index is 13.4. The zero-order chi connectivity index (χ0) is 15.2. The Bertz CT molecular complexity index is 580. The van der Waals surface area contributed by atoms with Gasteiger partial charge in [-0.25, -0.2) is 4.39 Å². The summed E-state index contributed by atoms with van der Waals surface area (Å²) in [5.74, 6) is -0.219. The van der Waals surface area contributed by atoms with E-state index in [0.717, 1.165) is 24.9 Å². The van der Waals surface area contributed by atoms with Crippen LogP contribution in [0.5, 0.6) is 0 Å². The molecule has 0 bridgehead atoms. The molecule has 1 N–H and O–H groups in total. The molecular formula is C18H21BrFN. The van der Waals surface area contributed by atoms with Crippen molar-refractivity contribution in [2.75, 3.05) is 6.54 Å².